The Morgan fingerprint density at radius 3 is 2.29 bits per heavy atom. The number of amides is 2. The first-order chi connectivity index (χ1) is 14.7. The molecule has 0 spiro atoms. The fourth-order valence-electron chi connectivity index (χ4n) is 2.98. The van der Waals surface area contributed by atoms with Gasteiger partial charge in [-0.2, -0.15) is 0 Å². The number of nitrogens with one attached hydrogen (secondary N) is 1. The smallest absolute Gasteiger partial charge is 0.261 e. The van der Waals surface area contributed by atoms with Gasteiger partial charge in [-0.25, -0.2) is 0 Å². The molecule has 0 aliphatic carbocycles. The van der Waals surface area contributed by atoms with Crippen molar-refractivity contribution in [1.29, 1.82) is 0 Å². The van der Waals surface area contributed by atoms with Gasteiger partial charge >= 0.3 is 0 Å². The lowest BCUT2D eigenvalue weighted by molar-refractivity contribution is -0.143. The molecule has 8 heteroatoms. The molecule has 0 fully saturated rings. The second-order valence-corrected chi connectivity index (χ2v) is 8.78. The number of rotatable bonds is 10. The van der Waals surface area contributed by atoms with E-state index in [-0.39, 0.29) is 30.9 Å². The highest BCUT2D eigenvalue weighted by Gasteiger charge is 2.30. The molecule has 0 aliphatic heterocycles. The Morgan fingerprint density at radius 1 is 1.06 bits per heavy atom. The van der Waals surface area contributed by atoms with Crippen molar-refractivity contribution in [2.45, 2.75) is 39.8 Å². The van der Waals surface area contributed by atoms with Crippen LogP contribution < -0.4 is 10.1 Å². The van der Waals surface area contributed by atoms with Crippen LogP contribution in [0.5, 0.6) is 5.75 Å². The van der Waals surface area contributed by atoms with Gasteiger partial charge in [0, 0.05) is 33.7 Å². The molecule has 1 atom stereocenters. The molecule has 5 nitrogen and oxygen atoms in total. The van der Waals surface area contributed by atoms with Gasteiger partial charge in [0.2, 0.25) is 5.91 Å². The second-order valence-electron chi connectivity index (χ2n) is 7.53. The van der Waals surface area contributed by atoms with Gasteiger partial charge in [-0.3, -0.25) is 9.59 Å². The average Bonchev–Trinajstić information content (AvgIpc) is 2.72. The maximum atomic E-state index is 13.2. The lowest BCUT2D eigenvalue weighted by Crippen LogP contribution is -2.50. The number of carbonyl (C=O) groups excluding carboxylic acids is 2. The van der Waals surface area contributed by atoms with Crippen LogP contribution in [0.3, 0.4) is 0 Å². The fourth-order valence-corrected chi connectivity index (χ4v) is 3.68. The van der Waals surface area contributed by atoms with Gasteiger partial charge in [0.15, 0.2) is 6.61 Å². The highest BCUT2D eigenvalue weighted by atomic mass is 35.5. The predicted molar refractivity (Wildman–Crippen MR) is 126 cm³/mol. The highest BCUT2D eigenvalue weighted by molar-refractivity contribution is 6.36. The minimum Gasteiger partial charge on any atom is -0.484 e. The van der Waals surface area contributed by atoms with Crippen LogP contribution in [0.2, 0.25) is 15.1 Å². The Hall–Kier alpha value is -1.95. The molecule has 1 N–H and O–H groups in total. The molecule has 0 saturated carbocycles. The number of benzene rings is 2. The van der Waals surface area contributed by atoms with E-state index >= 15 is 0 Å². The van der Waals surface area contributed by atoms with E-state index in [4.69, 9.17) is 39.5 Å². The van der Waals surface area contributed by atoms with Crippen molar-refractivity contribution >= 4 is 46.6 Å². The molecular weight excluding hydrogens is 459 g/mol. The summed E-state index contributed by atoms with van der Waals surface area (Å²) < 4.78 is 5.63. The molecule has 1 unspecified atom stereocenters. The van der Waals surface area contributed by atoms with Gasteiger partial charge < -0.3 is 15.0 Å². The second kappa shape index (κ2) is 12.2. The summed E-state index contributed by atoms with van der Waals surface area (Å²) in [6.07, 6.45) is 0.426. The lowest BCUT2D eigenvalue weighted by atomic mass is 10.1. The third-order valence-corrected chi connectivity index (χ3v) is 5.56. The Balaban J connectivity index is 2.26. The number of hydrogen-bond donors (Lipinski definition) is 1. The minimum atomic E-state index is -0.693. The van der Waals surface area contributed by atoms with E-state index in [1.807, 2.05) is 20.8 Å². The Bertz CT molecular complexity index is 885. The number of ether oxygens (including phenoxy) is 1. The number of hydrogen-bond acceptors (Lipinski definition) is 3. The maximum Gasteiger partial charge on any atom is 0.261 e. The van der Waals surface area contributed by atoms with Crippen molar-refractivity contribution < 1.29 is 14.3 Å². The first-order valence-electron chi connectivity index (χ1n) is 10.1. The molecular formula is C23H27Cl3N2O3. The van der Waals surface area contributed by atoms with Gasteiger partial charge in [-0.1, -0.05) is 67.7 Å². The standard InChI is InChI=1S/C23H27Cl3N2O3/c1-4-21(23(30)27-12-15(2)3)28(13-18-19(25)9-6-10-20(18)26)22(29)14-31-17-8-5-7-16(24)11-17/h5-11,15,21H,4,12-14H2,1-3H3,(H,27,30). The molecule has 0 saturated heterocycles. The minimum absolute atomic E-state index is 0.0872. The van der Waals surface area contributed by atoms with Crippen molar-refractivity contribution in [2.75, 3.05) is 13.2 Å². The molecule has 0 radical (unpaired) electrons. The summed E-state index contributed by atoms with van der Waals surface area (Å²) in [7, 11) is 0. The zero-order valence-corrected chi connectivity index (χ0v) is 20.1. The monoisotopic (exact) mass is 484 g/mol. The van der Waals surface area contributed by atoms with Gasteiger partial charge in [0.05, 0.1) is 0 Å². The van der Waals surface area contributed by atoms with Crippen LogP contribution in [0, 0.1) is 5.92 Å². The fraction of sp³-hybridized carbons (Fsp3) is 0.391. The Labute approximate surface area is 198 Å². The first kappa shape index (κ1) is 25.3. The zero-order chi connectivity index (χ0) is 23.0. The zero-order valence-electron chi connectivity index (χ0n) is 17.8. The Kier molecular flexibility index (Phi) is 9.94. The summed E-state index contributed by atoms with van der Waals surface area (Å²) in [4.78, 5) is 27.5. The van der Waals surface area contributed by atoms with Gasteiger partial charge in [0.1, 0.15) is 11.8 Å². The average molecular weight is 486 g/mol. The van der Waals surface area contributed by atoms with E-state index in [1.165, 1.54) is 4.90 Å². The van der Waals surface area contributed by atoms with Crippen LogP contribution in [-0.4, -0.2) is 35.9 Å². The van der Waals surface area contributed by atoms with Crippen molar-refractivity contribution in [1.82, 2.24) is 10.2 Å². The van der Waals surface area contributed by atoms with Crippen molar-refractivity contribution in [3.63, 3.8) is 0 Å². The molecule has 2 aromatic rings. The molecule has 2 amide bonds. The van der Waals surface area contributed by atoms with E-state index < -0.39 is 6.04 Å². The summed E-state index contributed by atoms with van der Waals surface area (Å²) in [6.45, 7) is 6.22. The van der Waals surface area contributed by atoms with Crippen LogP contribution in [0.25, 0.3) is 0 Å². The molecule has 0 aromatic heterocycles. The van der Waals surface area contributed by atoms with Gasteiger partial charge in [0.25, 0.3) is 5.91 Å². The third-order valence-electron chi connectivity index (χ3n) is 4.62. The van der Waals surface area contributed by atoms with Crippen LogP contribution in [0.15, 0.2) is 42.5 Å². The van der Waals surface area contributed by atoms with Crippen LogP contribution in [-0.2, 0) is 16.1 Å². The molecule has 168 valence electrons. The van der Waals surface area contributed by atoms with Crippen molar-refractivity contribution in [3.05, 3.63) is 63.1 Å². The van der Waals surface area contributed by atoms with Crippen molar-refractivity contribution in [2.24, 2.45) is 5.92 Å². The molecule has 0 heterocycles. The van der Waals surface area contributed by atoms with E-state index in [9.17, 15) is 9.59 Å². The van der Waals surface area contributed by atoms with Crippen molar-refractivity contribution in [3.8, 4) is 5.75 Å². The van der Waals surface area contributed by atoms with E-state index in [2.05, 4.69) is 5.32 Å². The Morgan fingerprint density at radius 2 is 1.71 bits per heavy atom. The summed E-state index contributed by atoms with van der Waals surface area (Å²) in [6, 6.07) is 11.2. The van der Waals surface area contributed by atoms with E-state index in [0.29, 0.717) is 39.3 Å². The lowest BCUT2D eigenvalue weighted by Gasteiger charge is -2.31. The quantitative estimate of drug-likeness (QED) is 0.476. The first-order valence-corrected chi connectivity index (χ1v) is 11.2. The van der Waals surface area contributed by atoms with Crippen LogP contribution in [0.4, 0.5) is 0 Å². The summed E-state index contributed by atoms with van der Waals surface area (Å²) in [5.74, 6) is 0.168. The van der Waals surface area contributed by atoms with E-state index in [1.54, 1.807) is 42.5 Å². The number of halogens is 3. The van der Waals surface area contributed by atoms with Gasteiger partial charge in [-0.05, 0) is 42.7 Å². The molecule has 31 heavy (non-hydrogen) atoms. The normalized spacial score (nSPS) is 11.8. The maximum absolute atomic E-state index is 13.2. The number of carbonyl (C=O) groups is 2. The predicted octanol–water partition coefficient (Wildman–Crippen LogP) is 5.61. The SMILES string of the molecule is CCC(C(=O)NCC(C)C)N(Cc1c(Cl)cccc1Cl)C(=O)COc1cccc(Cl)c1. The van der Waals surface area contributed by atoms with E-state index in [0.717, 1.165) is 0 Å². The summed E-state index contributed by atoms with van der Waals surface area (Å²) in [5, 5.41) is 4.27. The van der Waals surface area contributed by atoms with Crippen LogP contribution in [0.1, 0.15) is 32.8 Å². The third kappa shape index (κ3) is 7.60. The number of nitrogens with zero attached hydrogens (tertiary/aromatic N) is 1. The molecule has 0 aliphatic rings. The topological polar surface area (TPSA) is 58.6 Å². The molecule has 0 bridgehead atoms. The van der Waals surface area contributed by atoms with Gasteiger partial charge in [-0.15, -0.1) is 0 Å². The van der Waals surface area contributed by atoms with Crippen LogP contribution >= 0.6 is 34.8 Å². The largest absolute Gasteiger partial charge is 0.484 e. The molecule has 2 rings (SSSR count). The summed E-state index contributed by atoms with van der Waals surface area (Å²) in [5.41, 5.74) is 0.581. The highest BCUT2D eigenvalue weighted by Crippen LogP contribution is 2.27. The molecule has 2 aromatic carbocycles. The summed E-state index contributed by atoms with van der Waals surface area (Å²) >= 11 is 18.6.